The zero-order chi connectivity index (χ0) is 15.2. The summed E-state index contributed by atoms with van der Waals surface area (Å²) in [6.07, 6.45) is 8.12. The molecule has 0 spiro atoms. The van der Waals surface area contributed by atoms with E-state index in [2.05, 4.69) is 31.4 Å². The fourth-order valence-corrected chi connectivity index (χ4v) is 3.62. The number of methoxy groups -OCH3 is 2. The Balaban J connectivity index is 2.32. The zero-order valence-electron chi connectivity index (χ0n) is 13.9. The van der Waals surface area contributed by atoms with Gasteiger partial charge in [0.15, 0.2) is 11.5 Å². The first-order valence-electron chi connectivity index (χ1n) is 8.11. The lowest BCUT2D eigenvalue weighted by atomic mass is 9.85. The minimum Gasteiger partial charge on any atom is -0.493 e. The Bertz CT molecular complexity index is 451. The van der Waals surface area contributed by atoms with Gasteiger partial charge >= 0.3 is 0 Å². The van der Waals surface area contributed by atoms with Crippen molar-refractivity contribution in [2.24, 2.45) is 5.92 Å². The average molecular weight is 291 g/mol. The van der Waals surface area contributed by atoms with Gasteiger partial charge in [-0.05, 0) is 56.0 Å². The van der Waals surface area contributed by atoms with E-state index >= 15 is 0 Å². The number of hydrogen-bond donors (Lipinski definition) is 1. The minimum atomic E-state index is 0.405. The van der Waals surface area contributed by atoms with Gasteiger partial charge in [-0.3, -0.25) is 0 Å². The monoisotopic (exact) mass is 291 g/mol. The Morgan fingerprint density at radius 3 is 2.10 bits per heavy atom. The molecule has 2 rings (SSSR count). The van der Waals surface area contributed by atoms with E-state index in [1.54, 1.807) is 14.2 Å². The van der Waals surface area contributed by atoms with E-state index in [0.717, 1.165) is 11.5 Å². The Morgan fingerprint density at radius 1 is 1.00 bits per heavy atom. The molecule has 118 valence electrons. The lowest BCUT2D eigenvalue weighted by Crippen LogP contribution is -2.26. The third-order valence-corrected chi connectivity index (χ3v) is 4.79. The molecule has 0 amide bonds. The zero-order valence-corrected chi connectivity index (χ0v) is 13.9. The first-order valence-corrected chi connectivity index (χ1v) is 8.11. The van der Waals surface area contributed by atoms with Crippen LogP contribution in [0.1, 0.15) is 55.7 Å². The van der Waals surface area contributed by atoms with Crippen LogP contribution >= 0.6 is 0 Å². The van der Waals surface area contributed by atoms with Crippen molar-refractivity contribution in [1.82, 2.24) is 5.32 Å². The van der Waals surface area contributed by atoms with Crippen LogP contribution in [-0.2, 0) is 0 Å². The largest absolute Gasteiger partial charge is 0.493 e. The molecule has 1 saturated carbocycles. The molecule has 1 unspecified atom stereocenters. The molecular weight excluding hydrogens is 262 g/mol. The Morgan fingerprint density at radius 2 is 1.57 bits per heavy atom. The molecule has 3 heteroatoms. The first kappa shape index (κ1) is 16.2. The van der Waals surface area contributed by atoms with Crippen molar-refractivity contribution in [1.29, 1.82) is 0 Å². The quantitative estimate of drug-likeness (QED) is 0.823. The normalized spacial score (nSPS) is 18.1. The van der Waals surface area contributed by atoms with E-state index in [1.165, 1.54) is 49.7 Å². The van der Waals surface area contributed by atoms with E-state index in [0.29, 0.717) is 12.0 Å². The van der Waals surface area contributed by atoms with Gasteiger partial charge in [-0.2, -0.15) is 0 Å². The van der Waals surface area contributed by atoms with Crippen LogP contribution < -0.4 is 14.8 Å². The van der Waals surface area contributed by atoms with Crippen molar-refractivity contribution >= 4 is 0 Å². The fraction of sp³-hybridized carbons (Fsp3) is 0.667. The summed E-state index contributed by atoms with van der Waals surface area (Å²) in [6, 6.07) is 4.65. The van der Waals surface area contributed by atoms with Crippen LogP contribution in [0.4, 0.5) is 0 Å². The van der Waals surface area contributed by atoms with Crippen molar-refractivity contribution in [2.75, 3.05) is 21.3 Å². The predicted molar refractivity (Wildman–Crippen MR) is 87.3 cm³/mol. The Kier molecular flexibility index (Phi) is 5.92. The third-order valence-electron chi connectivity index (χ3n) is 4.79. The second kappa shape index (κ2) is 7.69. The molecule has 1 aliphatic rings. The fourth-order valence-electron chi connectivity index (χ4n) is 3.62. The molecule has 3 nitrogen and oxygen atoms in total. The van der Waals surface area contributed by atoms with E-state index in [4.69, 9.17) is 9.47 Å². The Hall–Kier alpha value is -1.22. The molecule has 0 saturated heterocycles. The highest BCUT2D eigenvalue weighted by atomic mass is 16.5. The highest BCUT2D eigenvalue weighted by molar-refractivity contribution is 5.48. The molecule has 21 heavy (non-hydrogen) atoms. The van der Waals surface area contributed by atoms with Gasteiger partial charge in [0.2, 0.25) is 0 Å². The molecule has 1 aromatic rings. The summed E-state index contributed by atoms with van der Waals surface area (Å²) in [5.41, 5.74) is 2.62. The smallest absolute Gasteiger partial charge is 0.161 e. The van der Waals surface area contributed by atoms with E-state index in [-0.39, 0.29) is 0 Å². The van der Waals surface area contributed by atoms with E-state index in [9.17, 15) is 0 Å². The first-order chi connectivity index (χ1) is 10.2. The summed E-state index contributed by atoms with van der Waals surface area (Å²) in [5.74, 6) is 2.36. The third kappa shape index (κ3) is 3.70. The van der Waals surface area contributed by atoms with Crippen LogP contribution in [0, 0.1) is 12.8 Å². The molecule has 1 aliphatic carbocycles. The van der Waals surface area contributed by atoms with Crippen molar-refractivity contribution in [3.63, 3.8) is 0 Å². The van der Waals surface area contributed by atoms with Crippen LogP contribution in [0.2, 0.25) is 0 Å². The van der Waals surface area contributed by atoms with Gasteiger partial charge in [0.25, 0.3) is 0 Å². The standard InChI is InChI=1S/C18H29NO2/c1-13-11-16(20-3)17(21-4)12-15(13)18(19-2)14-9-7-5-6-8-10-14/h11-12,14,18-19H,5-10H2,1-4H3. The van der Waals surface area contributed by atoms with Crippen LogP contribution in [0.5, 0.6) is 11.5 Å². The van der Waals surface area contributed by atoms with E-state index < -0.39 is 0 Å². The summed E-state index contributed by atoms with van der Waals surface area (Å²) < 4.78 is 10.9. The second-order valence-corrected chi connectivity index (χ2v) is 6.08. The van der Waals surface area contributed by atoms with Gasteiger partial charge < -0.3 is 14.8 Å². The van der Waals surface area contributed by atoms with Gasteiger partial charge in [-0.1, -0.05) is 25.7 Å². The van der Waals surface area contributed by atoms with Gasteiger partial charge in [0.05, 0.1) is 14.2 Å². The molecule has 1 N–H and O–H groups in total. The topological polar surface area (TPSA) is 30.5 Å². The highest BCUT2D eigenvalue weighted by Gasteiger charge is 2.25. The van der Waals surface area contributed by atoms with Crippen molar-refractivity contribution in [3.8, 4) is 11.5 Å². The second-order valence-electron chi connectivity index (χ2n) is 6.08. The molecule has 0 heterocycles. The van der Waals surface area contributed by atoms with Crippen LogP contribution in [-0.4, -0.2) is 21.3 Å². The minimum absolute atomic E-state index is 0.405. The molecule has 1 atom stereocenters. The average Bonchev–Trinajstić information content (AvgIpc) is 2.78. The van der Waals surface area contributed by atoms with Crippen LogP contribution in [0.3, 0.4) is 0 Å². The van der Waals surface area contributed by atoms with Gasteiger partial charge in [-0.15, -0.1) is 0 Å². The SMILES string of the molecule is CNC(c1cc(OC)c(OC)cc1C)C1CCCCCC1. The van der Waals surface area contributed by atoms with E-state index in [1.807, 2.05) is 0 Å². The summed E-state index contributed by atoms with van der Waals surface area (Å²) in [6.45, 7) is 2.17. The molecule has 0 bridgehead atoms. The maximum atomic E-state index is 5.49. The van der Waals surface area contributed by atoms with Crippen LogP contribution in [0.25, 0.3) is 0 Å². The summed E-state index contributed by atoms with van der Waals surface area (Å²) in [5, 5.41) is 3.55. The summed E-state index contributed by atoms with van der Waals surface area (Å²) in [7, 11) is 5.47. The summed E-state index contributed by atoms with van der Waals surface area (Å²) >= 11 is 0. The van der Waals surface area contributed by atoms with Crippen molar-refractivity contribution < 1.29 is 9.47 Å². The lowest BCUT2D eigenvalue weighted by Gasteiger charge is -2.28. The van der Waals surface area contributed by atoms with Gasteiger partial charge in [0.1, 0.15) is 0 Å². The maximum Gasteiger partial charge on any atom is 0.161 e. The maximum absolute atomic E-state index is 5.49. The molecule has 0 aliphatic heterocycles. The summed E-state index contributed by atoms with van der Waals surface area (Å²) in [4.78, 5) is 0. The number of aryl methyl sites for hydroxylation is 1. The number of hydrogen-bond acceptors (Lipinski definition) is 3. The van der Waals surface area contributed by atoms with Crippen LogP contribution in [0.15, 0.2) is 12.1 Å². The molecule has 0 radical (unpaired) electrons. The lowest BCUT2D eigenvalue weighted by molar-refractivity contribution is 0.333. The van der Waals surface area contributed by atoms with Crippen molar-refractivity contribution in [3.05, 3.63) is 23.3 Å². The number of nitrogens with one attached hydrogen (secondary N) is 1. The van der Waals surface area contributed by atoms with Gasteiger partial charge in [-0.25, -0.2) is 0 Å². The molecule has 1 aromatic carbocycles. The number of benzene rings is 1. The number of rotatable bonds is 5. The molecule has 0 aromatic heterocycles. The number of ether oxygens (including phenoxy) is 2. The Labute approximate surface area is 129 Å². The molecule has 1 fully saturated rings. The molecular formula is C18H29NO2. The predicted octanol–water partition coefficient (Wildman–Crippen LogP) is 4.24. The van der Waals surface area contributed by atoms with Gasteiger partial charge in [0, 0.05) is 6.04 Å². The van der Waals surface area contributed by atoms with Crippen molar-refractivity contribution in [2.45, 2.75) is 51.5 Å². The highest BCUT2D eigenvalue weighted by Crippen LogP contribution is 2.38.